The summed E-state index contributed by atoms with van der Waals surface area (Å²) >= 11 is 0. The second kappa shape index (κ2) is 13.3. The van der Waals surface area contributed by atoms with Gasteiger partial charge in [-0.1, -0.05) is 191 Å². The average molecular weight is 797 g/mol. The van der Waals surface area contributed by atoms with Crippen LogP contribution in [0.15, 0.2) is 194 Å². The third-order valence-electron chi connectivity index (χ3n) is 14.0. The van der Waals surface area contributed by atoms with E-state index in [-0.39, 0.29) is 10.8 Å². The molecule has 0 amide bonds. The molecule has 1 aromatic heterocycles. The highest BCUT2D eigenvalue weighted by Crippen LogP contribution is 2.64. The lowest BCUT2D eigenvalue weighted by molar-refractivity contribution is 0.555. The van der Waals surface area contributed by atoms with Gasteiger partial charge >= 0.3 is 0 Å². The molecule has 0 saturated carbocycles. The van der Waals surface area contributed by atoms with Gasteiger partial charge in [-0.05, 0) is 86.0 Å². The molecule has 0 bridgehead atoms. The molecule has 4 heteroatoms. The van der Waals surface area contributed by atoms with Gasteiger partial charge in [0.2, 0.25) is 0 Å². The van der Waals surface area contributed by atoms with Crippen LogP contribution in [-0.4, -0.2) is 15.0 Å². The van der Waals surface area contributed by atoms with Crippen LogP contribution >= 0.6 is 0 Å². The van der Waals surface area contributed by atoms with Gasteiger partial charge in [-0.25, -0.2) is 15.0 Å². The van der Waals surface area contributed by atoms with Gasteiger partial charge in [0, 0.05) is 33.2 Å². The van der Waals surface area contributed by atoms with Crippen molar-refractivity contribution in [2.24, 2.45) is 0 Å². The van der Waals surface area contributed by atoms with Gasteiger partial charge in [0.15, 0.2) is 17.5 Å². The molecule has 1 atom stereocenters. The highest BCUT2D eigenvalue weighted by Gasteiger charge is 2.54. The minimum Gasteiger partial charge on any atom is -0.310 e. The number of hydrogen-bond acceptors (Lipinski definition) is 4. The van der Waals surface area contributed by atoms with Gasteiger partial charge < -0.3 is 4.90 Å². The summed E-state index contributed by atoms with van der Waals surface area (Å²) in [6.07, 6.45) is 0. The third-order valence-corrected chi connectivity index (χ3v) is 14.0. The van der Waals surface area contributed by atoms with Crippen LogP contribution in [0.4, 0.5) is 17.1 Å². The summed E-state index contributed by atoms with van der Waals surface area (Å²) in [5.74, 6) is 1.95. The fourth-order valence-electron chi connectivity index (χ4n) is 11.0. The number of anilines is 3. The molecule has 0 N–H and O–H groups in total. The molecule has 12 rings (SSSR count). The summed E-state index contributed by atoms with van der Waals surface area (Å²) in [5, 5.41) is 0. The van der Waals surface area contributed by atoms with Crippen molar-refractivity contribution in [3.8, 4) is 45.3 Å². The van der Waals surface area contributed by atoms with E-state index in [1.165, 1.54) is 67.0 Å². The maximum atomic E-state index is 5.23. The summed E-state index contributed by atoms with van der Waals surface area (Å²) in [5.41, 5.74) is 18.2. The maximum absolute atomic E-state index is 5.23. The molecule has 62 heavy (non-hydrogen) atoms. The normalized spacial score (nSPS) is 17.0. The topological polar surface area (TPSA) is 41.9 Å². The summed E-state index contributed by atoms with van der Waals surface area (Å²) in [4.78, 5) is 18.0. The van der Waals surface area contributed by atoms with Gasteiger partial charge in [-0.2, -0.15) is 0 Å². The predicted molar refractivity (Wildman–Crippen MR) is 252 cm³/mol. The standard InChI is InChI=1S/C58H44N4/c1-56(2)44-28-16-17-29-45(44)58(49-36-52-50(35-48(49)56)57(3,4)46-30-18-19-31-51(46)62(52)40-24-12-7-13-25-40)43-27-15-14-26-41(43)42-33-32-39(34-47(42)58)55-60-53(37-20-8-5-9-21-37)59-54(61-55)38-22-10-6-11-23-38/h5-36H,1-4H3. The Bertz CT molecular complexity index is 3190. The molecule has 0 fully saturated rings. The van der Waals surface area contributed by atoms with Crippen LogP contribution in [0.1, 0.15) is 72.2 Å². The van der Waals surface area contributed by atoms with Crippen molar-refractivity contribution in [2.75, 3.05) is 4.90 Å². The first-order valence-electron chi connectivity index (χ1n) is 21.6. The van der Waals surface area contributed by atoms with E-state index in [1.54, 1.807) is 0 Å². The molecule has 4 nitrogen and oxygen atoms in total. The molecule has 8 aromatic carbocycles. The van der Waals surface area contributed by atoms with Gasteiger partial charge in [0.25, 0.3) is 0 Å². The van der Waals surface area contributed by atoms with Crippen LogP contribution in [-0.2, 0) is 16.2 Å². The molecule has 0 radical (unpaired) electrons. The van der Waals surface area contributed by atoms with Crippen molar-refractivity contribution < 1.29 is 0 Å². The van der Waals surface area contributed by atoms with E-state index in [9.17, 15) is 0 Å². The van der Waals surface area contributed by atoms with E-state index in [2.05, 4.69) is 190 Å². The fraction of sp³-hybridized carbons (Fsp3) is 0.121. The second-order valence-electron chi connectivity index (χ2n) is 18.0. The molecular formula is C58H44N4. The highest BCUT2D eigenvalue weighted by molar-refractivity contribution is 5.93. The number of hydrogen-bond donors (Lipinski definition) is 0. The molecule has 9 aromatic rings. The smallest absolute Gasteiger partial charge is 0.164 e. The molecule has 296 valence electrons. The first-order valence-corrected chi connectivity index (χ1v) is 21.6. The average Bonchev–Trinajstić information content (AvgIpc) is 3.61. The number of fused-ring (bicyclic) bond motifs is 11. The van der Waals surface area contributed by atoms with E-state index in [0.29, 0.717) is 17.5 Å². The first-order chi connectivity index (χ1) is 30.3. The lowest BCUT2D eigenvalue weighted by Gasteiger charge is -2.49. The zero-order valence-electron chi connectivity index (χ0n) is 35.3. The minimum absolute atomic E-state index is 0.253. The summed E-state index contributed by atoms with van der Waals surface area (Å²) < 4.78 is 0. The Kier molecular flexibility index (Phi) is 7.80. The van der Waals surface area contributed by atoms with Gasteiger partial charge in [-0.3, -0.25) is 0 Å². The number of nitrogens with zero attached hydrogens (tertiary/aromatic N) is 4. The Morgan fingerprint density at radius 1 is 0.323 bits per heavy atom. The highest BCUT2D eigenvalue weighted by atomic mass is 15.2. The van der Waals surface area contributed by atoms with Gasteiger partial charge in [0.05, 0.1) is 16.8 Å². The van der Waals surface area contributed by atoms with Crippen molar-refractivity contribution in [1.82, 2.24) is 15.0 Å². The van der Waals surface area contributed by atoms with Crippen molar-refractivity contribution in [3.63, 3.8) is 0 Å². The maximum Gasteiger partial charge on any atom is 0.164 e. The van der Waals surface area contributed by atoms with Crippen molar-refractivity contribution in [3.05, 3.63) is 239 Å². The van der Waals surface area contributed by atoms with Crippen LogP contribution in [0.25, 0.3) is 45.3 Å². The van der Waals surface area contributed by atoms with E-state index in [4.69, 9.17) is 15.0 Å². The van der Waals surface area contributed by atoms with Crippen molar-refractivity contribution in [2.45, 2.75) is 43.9 Å². The van der Waals surface area contributed by atoms with E-state index in [1.807, 2.05) is 36.4 Å². The van der Waals surface area contributed by atoms with Crippen LogP contribution in [0.3, 0.4) is 0 Å². The van der Waals surface area contributed by atoms with Crippen LogP contribution in [0, 0.1) is 0 Å². The third kappa shape index (κ3) is 5.04. The van der Waals surface area contributed by atoms with Crippen LogP contribution in [0.2, 0.25) is 0 Å². The van der Waals surface area contributed by atoms with Crippen LogP contribution in [0.5, 0.6) is 0 Å². The number of para-hydroxylation sites is 2. The fourth-order valence-corrected chi connectivity index (χ4v) is 11.0. The Morgan fingerprint density at radius 3 is 1.48 bits per heavy atom. The Morgan fingerprint density at radius 2 is 0.823 bits per heavy atom. The molecule has 1 aliphatic heterocycles. The Labute approximate surface area is 363 Å². The van der Waals surface area contributed by atoms with Crippen LogP contribution < -0.4 is 4.90 Å². The largest absolute Gasteiger partial charge is 0.310 e. The summed E-state index contributed by atoms with van der Waals surface area (Å²) in [6, 6.07) is 70.6. The SMILES string of the molecule is CC1(C)c2ccccc2N(c2ccccc2)c2cc3c(cc21)C(C)(C)c1ccccc1C31c2ccccc2-c2ccc(-c3nc(-c4ccccc4)nc(-c4ccccc4)n3)cc21. The number of aromatic nitrogens is 3. The lowest BCUT2D eigenvalue weighted by Crippen LogP contribution is -2.42. The second-order valence-corrected chi connectivity index (χ2v) is 18.0. The summed E-state index contributed by atoms with van der Waals surface area (Å²) in [6.45, 7) is 9.63. The molecule has 1 unspecified atom stereocenters. The van der Waals surface area contributed by atoms with E-state index < -0.39 is 5.41 Å². The molecule has 3 aliphatic rings. The first kappa shape index (κ1) is 36.4. The zero-order valence-corrected chi connectivity index (χ0v) is 35.3. The quantitative estimate of drug-likeness (QED) is 0.178. The molecule has 2 aliphatic carbocycles. The van der Waals surface area contributed by atoms with E-state index >= 15 is 0 Å². The minimum atomic E-state index is -0.639. The Balaban J connectivity index is 1.18. The lowest BCUT2D eigenvalue weighted by atomic mass is 9.54. The monoisotopic (exact) mass is 796 g/mol. The zero-order chi connectivity index (χ0) is 41.8. The predicted octanol–water partition coefficient (Wildman–Crippen LogP) is 14.0. The molecule has 2 heterocycles. The van der Waals surface area contributed by atoms with Gasteiger partial charge in [0.1, 0.15) is 0 Å². The van der Waals surface area contributed by atoms with E-state index in [0.717, 1.165) is 22.4 Å². The summed E-state index contributed by atoms with van der Waals surface area (Å²) in [7, 11) is 0. The van der Waals surface area contributed by atoms with Crippen molar-refractivity contribution >= 4 is 17.1 Å². The molecule has 1 spiro atoms. The van der Waals surface area contributed by atoms with Gasteiger partial charge in [-0.15, -0.1) is 0 Å². The van der Waals surface area contributed by atoms with Crippen molar-refractivity contribution in [1.29, 1.82) is 0 Å². The Hall–Kier alpha value is -7.43. The number of benzene rings is 8. The number of rotatable bonds is 4. The molecular weight excluding hydrogens is 753 g/mol. The molecule has 0 saturated heterocycles.